The number of carbonyl (C=O) groups is 2. The molecule has 0 aliphatic heterocycles. The van der Waals surface area contributed by atoms with Crippen molar-refractivity contribution >= 4 is 17.5 Å². The first kappa shape index (κ1) is 21.4. The van der Waals surface area contributed by atoms with Gasteiger partial charge in [-0.1, -0.05) is 26.0 Å². The summed E-state index contributed by atoms with van der Waals surface area (Å²) in [5.74, 6) is -1.03. The molecule has 0 aliphatic rings. The van der Waals surface area contributed by atoms with Crippen LogP contribution >= 0.6 is 0 Å². The summed E-state index contributed by atoms with van der Waals surface area (Å²) in [5, 5.41) is 2.26. The monoisotopic (exact) mass is 393 g/mol. The van der Waals surface area contributed by atoms with Crippen LogP contribution in [0.5, 0.6) is 0 Å². The van der Waals surface area contributed by atoms with Crippen molar-refractivity contribution in [3.8, 4) is 0 Å². The fourth-order valence-electron chi connectivity index (χ4n) is 2.75. The lowest BCUT2D eigenvalue weighted by molar-refractivity contribution is -0.136. The summed E-state index contributed by atoms with van der Waals surface area (Å²) < 4.78 is 39.3. The first-order valence-corrected chi connectivity index (χ1v) is 8.99. The quantitative estimate of drug-likeness (QED) is 0.747. The second-order valence-electron chi connectivity index (χ2n) is 6.25. The summed E-state index contributed by atoms with van der Waals surface area (Å²) in [6.45, 7) is 5.05. The molecular weight excluding hydrogens is 371 g/mol. The molecule has 0 unspecified atom stereocenters. The number of alkyl halides is 3. The minimum atomic E-state index is -4.60. The highest BCUT2D eigenvalue weighted by Crippen LogP contribution is 2.34. The second-order valence-corrected chi connectivity index (χ2v) is 6.25. The lowest BCUT2D eigenvalue weighted by Crippen LogP contribution is -2.32. The highest BCUT2D eigenvalue weighted by atomic mass is 19.4. The lowest BCUT2D eigenvalue weighted by Gasteiger charge is -2.21. The number of nitrogens with one attached hydrogen (secondary N) is 1. The fraction of sp³-hybridized carbons (Fsp3) is 0.350. The van der Waals surface area contributed by atoms with E-state index in [-0.39, 0.29) is 22.7 Å². The summed E-state index contributed by atoms with van der Waals surface area (Å²) >= 11 is 0. The maximum atomic E-state index is 13.1. The summed E-state index contributed by atoms with van der Waals surface area (Å²) in [6, 6.07) is 6.06. The SMILES string of the molecule is CCCN(CCC)C(=O)c1cncc(C(=O)Nc2ccccc2C(F)(F)F)c1. The van der Waals surface area contributed by atoms with E-state index in [9.17, 15) is 22.8 Å². The van der Waals surface area contributed by atoms with E-state index in [1.165, 1.54) is 36.7 Å². The van der Waals surface area contributed by atoms with Crippen LogP contribution in [0, 0.1) is 0 Å². The molecule has 1 aromatic heterocycles. The molecule has 0 atom stereocenters. The predicted octanol–water partition coefficient (Wildman–Crippen LogP) is 4.61. The Morgan fingerprint density at radius 2 is 1.64 bits per heavy atom. The number of pyridine rings is 1. The third-order valence-electron chi connectivity index (χ3n) is 4.00. The number of benzene rings is 1. The number of hydrogen-bond donors (Lipinski definition) is 1. The number of halogens is 3. The van der Waals surface area contributed by atoms with E-state index in [0.29, 0.717) is 13.1 Å². The zero-order chi connectivity index (χ0) is 20.7. The van der Waals surface area contributed by atoms with Crippen molar-refractivity contribution in [3.05, 3.63) is 59.4 Å². The molecule has 2 rings (SSSR count). The minimum Gasteiger partial charge on any atom is -0.339 e. The molecule has 0 fully saturated rings. The van der Waals surface area contributed by atoms with Crippen LogP contribution in [0.15, 0.2) is 42.7 Å². The van der Waals surface area contributed by atoms with E-state index < -0.39 is 17.6 Å². The average Bonchev–Trinajstić information content (AvgIpc) is 2.67. The Morgan fingerprint density at radius 3 is 2.25 bits per heavy atom. The van der Waals surface area contributed by atoms with Crippen molar-refractivity contribution in [3.63, 3.8) is 0 Å². The largest absolute Gasteiger partial charge is 0.418 e. The van der Waals surface area contributed by atoms with Gasteiger partial charge in [0.25, 0.3) is 11.8 Å². The molecule has 28 heavy (non-hydrogen) atoms. The Kier molecular flexibility index (Phi) is 7.14. The molecule has 8 heteroatoms. The van der Waals surface area contributed by atoms with Gasteiger partial charge >= 0.3 is 6.18 Å². The number of anilines is 1. The topological polar surface area (TPSA) is 62.3 Å². The Hall–Kier alpha value is -2.90. The van der Waals surface area contributed by atoms with Gasteiger partial charge in [-0.2, -0.15) is 13.2 Å². The Labute approximate surface area is 161 Å². The van der Waals surface area contributed by atoms with E-state index in [2.05, 4.69) is 10.3 Å². The van der Waals surface area contributed by atoms with Crippen LogP contribution in [0.2, 0.25) is 0 Å². The number of amides is 2. The van der Waals surface area contributed by atoms with Gasteiger partial charge in [-0.05, 0) is 31.0 Å². The average molecular weight is 393 g/mol. The number of carbonyl (C=O) groups excluding carboxylic acids is 2. The zero-order valence-electron chi connectivity index (χ0n) is 15.7. The van der Waals surface area contributed by atoms with Gasteiger partial charge < -0.3 is 10.2 Å². The van der Waals surface area contributed by atoms with Crippen LogP contribution in [0.3, 0.4) is 0 Å². The van der Waals surface area contributed by atoms with Gasteiger partial charge in [0.1, 0.15) is 0 Å². The van der Waals surface area contributed by atoms with Gasteiger partial charge in [0.05, 0.1) is 22.4 Å². The molecular formula is C20H22F3N3O2. The molecule has 0 radical (unpaired) electrons. The predicted molar refractivity (Wildman–Crippen MR) is 100 cm³/mol. The standard InChI is InChI=1S/C20H22F3N3O2/c1-3-9-26(10-4-2)19(28)15-11-14(12-24-13-15)18(27)25-17-8-6-5-7-16(17)20(21,22)23/h5-8,11-13H,3-4,9-10H2,1-2H3,(H,25,27). The normalized spacial score (nSPS) is 11.2. The molecule has 0 saturated carbocycles. The maximum absolute atomic E-state index is 13.1. The van der Waals surface area contributed by atoms with Gasteiger partial charge in [-0.15, -0.1) is 0 Å². The van der Waals surface area contributed by atoms with Crippen molar-refractivity contribution < 1.29 is 22.8 Å². The van der Waals surface area contributed by atoms with E-state index in [0.717, 1.165) is 18.9 Å². The molecule has 0 spiro atoms. The molecule has 150 valence electrons. The smallest absolute Gasteiger partial charge is 0.339 e. The van der Waals surface area contributed by atoms with Gasteiger partial charge in [0.2, 0.25) is 0 Å². The number of nitrogens with zero attached hydrogens (tertiary/aromatic N) is 2. The highest BCUT2D eigenvalue weighted by Gasteiger charge is 2.33. The number of aromatic nitrogens is 1. The molecule has 0 aliphatic carbocycles. The molecule has 2 amide bonds. The second kappa shape index (κ2) is 9.34. The van der Waals surface area contributed by atoms with Crippen LogP contribution in [-0.2, 0) is 6.18 Å². The van der Waals surface area contributed by atoms with E-state index in [4.69, 9.17) is 0 Å². The molecule has 5 nitrogen and oxygen atoms in total. The van der Waals surface area contributed by atoms with E-state index in [1.807, 2.05) is 13.8 Å². The Bertz CT molecular complexity index is 831. The summed E-state index contributed by atoms with van der Waals surface area (Å²) in [7, 11) is 0. The Balaban J connectivity index is 2.25. The highest BCUT2D eigenvalue weighted by molar-refractivity contribution is 6.06. The minimum absolute atomic E-state index is 0.00998. The van der Waals surface area contributed by atoms with Gasteiger partial charge in [-0.25, -0.2) is 0 Å². The summed E-state index contributed by atoms with van der Waals surface area (Å²) in [4.78, 5) is 30.7. The Morgan fingerprint density at radius 1 is 1.04 bits per heavy atom. The van der Waals surface area contributed by atoms with Gasteiger partial charge in [0, 0.05) is 25.5 Å². The first-order chi connectivity index (χ1) is 13.3. The third-order valence-corrected chi connectivity index (χ3v) is 4.00. The molecule has 0 saturated heterocycles. The van der Waals surface area contributed by atoms with Crippen molar-refractivity contribution in [2.45, 2.75) is 32.9 Å². The van der Waals surface area contributed by atoms with E-state index in [1.54, 1.807) is 4.90 Å². The molecule has 1 heterocycles. The van der Waals surface area contributed by atoms with Crippen LogP contribution in [-0.4, -0.2) is 34.8 Å². The molecule has 2 aromatic rings. The van der Waals surface area contributed by atoms with Crippen molar-refractivity contribution in [2.24, 2.45) is 0 Å². The van der Waals surface area contributed by atoms with Gasteiger partial charge in [0.15, 0.2) is 0 Å². The number of para-hydroxylation sites is 1. The van der Waals surface area contributed by atoms with Crippen LogP contribution in [0.1, 0.15) is 53.0 Å². The maximum Gasteiger partial charge on any atom is 0.418 e. The van der Waals surface area contributed by atoms with Crippen LogP contribution in [0.4, 0.5) is 18.9 Å². The molecule has 1 aromatic carbocycles. The van der Waals surface area contributed by atoms with Crippen molar-refractivity contribution in [1.82, 2.24) is 9.88 Å². The first-order valence-electron chi connectivity index (χ1n) is 8.99. The lowest BCUT2D eigenvalue weighted by atomic mass is 10.1. The summed E-state index contributed by atoms with van der Waals surface area (Å²) in [5.41, 5.74) is -1.06. The molecule has 0 bridgehead atoms. The van der Waals surface area contributed by atoms with Crippen LogP contribution in [0.25, 0.3) is 0 Å². The third kappa shape index (κ3) is 5.31. The molecule has 1 N–H and O–H groups in total. The zero-order valence-corrected chi connectivity index (χ0v) is 15.7. The van der Waals surface area contributed by atoms with Crippen molar-refractivity contribution in [1.29, 1.82) is 0 Å². The number of rotatable bonds is 7. The number of hydrogen-bond acceptors (Lipinski definition) is 3. The van der Waals surface area contributed by atoms with Crippen LogP contribution < -0.4 is 5.32 Å². The van der Waals surface area contributed by atoms with E-state index >= 15 is 0 Å². The van der Waals surface area contributed by atoms with Gasteiger partial charge in [-0.3, -0.25) is 14.6 Å². The van der Waals surface area contributed by atoms with Crippen molar-refractivity contribution in [2.75, 3.05) is 18.4 Å². The fourth-order valence-corrected chi connectivity index (χ4v) is 2.75. The summed E-state index contributed by atoms with van der Waals surface area (Å²) in [6.07, 6.45) is -0.463.